The average Bonchev–Trinajstić information content (AvgIpc) is 2.93. The van der Waals surface area contributed by atoms with E-state index in [1.807, 2.05) is 13.0 Å². The van der Waals surface area contributed by atoms with Gasteiger partial charge in [0, 0.05) is 12.6 Å². The van der Waals surface area contributed by atoms with Crippen molar-refractivity contribution in [2.45, 2.75) is 20.3 Å². The van der Waals surface area contributed by atoms with Crippen molar-refractivity contribution in [3.63, 3.8) is 0 Å². The first-order chi connectivity index (χ1) is 13.0. The molecule has 2 heterocycles. The first-order valence-corrected chi connectivity index (χ1v) is 8.71. The molecule has 27 heavy (non-hydrogen) atoms. The summed E-state index contributed by atoms with van der Waals surface area (Å²) >= 11 is 0. The topological polar surface area (TPSA) is 139 Å². The molecular formula is C18H25N7O2. The number of rotatable bonds is 7. The number of aromatic nitrogens is 3. The minimum atomic E-state index is 0.0726. The number of nitrogens with two attached hydrogens (primary N) is 3. The van der Waals surface area contributed by atoms with Gasteiger partial charge in [-0.2, -0.15) is 5.10 Å². The maximum absolute atomic E-state index is 6.50. The summed E-state index contributed by atoms with van der Waals surface area (Å²) in [5.41, 5.74) is 19.8. The van der Waals surface area contributed by atoms with E-state index < -0.39 is 0 Å². The van der Waals surface area contributed by atoms with Crippen LogP contribution in [-0.4, -0.2) is 35.1 Å². The molecule has 0 atom stereocenters. The number of hydrogen-bond donors (Lipinski definition) is 4. The van der Waals surface area contributed by atoms with Gasteiger partial charge in [0.1, 0.15) is 29.9 Å². The van der Waals surface area contributed by atoms with Crippen molar-refractivity contribution in [2.75, 3.05) is 37.2 Å². The number of benzene rings is 1. The van der Waals surface area contributed by atoms with Crippen molar-refractivity contribution in [3.05, 3.63) is 23.9 Å². The lowest BCUT2D eigenvalue weighted by Crippen LogP contribution is -2.09. The molecule has 2 aromatic heterocycles. The summed E-state index contributed by atoms with van der Waals surface area (Å²) in [5, 5.41) is 13.3. The summed E-state index contributed by atoms with van der Waals surface area (Å²) in [6, 6.07) is 5.35. The number of hydrogen-bond acceptors (Lipinski definition) is 8. The SMILES string of the molecule is CCCNc1nnc(C)c2c(N)n(-c3ccc(OCN)cc3OC)c(N)c12. The Bertz CT molecular complexity index is 968. The molecule has 0 fully saturated rings. The normalized spacial score (nSPS) is 11.0. The average molecular weight is 371 g/mol. The number of fused-ring (bicyclic) bond motifs is 1. The standard InChI is InChI=1S/C18H25N7O2/c1-4-7-22-18-15-14(10(2)23-24-18)16(20)25(17(15)21)12-6-5-11(27-9-19)8-13(12)26-3/h5-6,8H,4,7,9,19-21H2,1-3H3,(H,22,24). The molecule has 9 heteroatoms. The molecule has 0 saturated heterocycles. The first kappa shape index (κ1) is 18.6. The third kappa shape index (κ3) is 3.17. The van der Waals surface area contributed by atoms with E-state index in [1.165, 1.54) is 0 Å². The Morgan fingerprint density at radius 1 is 1.15 bits per heavy atom. The van der Waals surface area contributed by atoms with Crippen LogP contribution in [0.2, 0.25) is 0 Å². The van der Waals surface area contributed by atoms with Crippen LogP contribution >= 0.6 is 0 Å². The van der Waals surface area contributed by atoms with E-state index in [1.54, 1.807) is 23.8 Å². The summed E-state index contributed by atoms with van der Waals surface area (Å²) in [7, 11) is 1.57. The lowest BCUT2D eigenvalue weighted by Gasteiger charge is -2.14. The van der Waals surface area contributed by atoms with Gasteiger partial charge in [-0.15, -0.1) is 5.10 Å². The number of nitrogens with one attached hydrogen (secondary N) is 1. The maximum Gasteiger partial charge on any atom is 0.160 e. The molecule has 0 unspecified atom stereocenters. The number of anilines is 3. The summed E-state index contributed by atoms with van der Waals surface area (Å²) < 4.78 is 12.6. The lowest BCUT2D eigenvalue weighted by molar-refractivity contribution is 0.326. The van der Waals surface area contributed by atoms with Crippen LogP contribution in [0.1, 0.15) is 19.0 Å². The van der Waals surface area contributed by atoms with E-state index in [9.17, 15) is 0 Å². The number of nitrogens with zero attached hydrogens (tertiary/aromatic N) is 3. The Morgan fingerprint density at radius 2 is 1.89 bits per heavy atom. The fourth-order valence-electron chi connectivity index (χ4n) is 3.10. The molecule has 0 aliphatic carbocycles. The smallest absolute Gasteiger partial charge is 0.160 e. The van der Waals surface area contributed by atoms with Gasteiger partial charge >= 0.3 is 0 Å². The maximum atomic E-state index is 6.50. The van der Waals surface area contributed by atoms with Crippen molar-refractivity contribution in [1.29, 1.82) is 0 Å². The van der Waals surface area contributed by atoms with Crippen LogP contribution in [0, 0.1) is 6.92 Å². The summed E-state index contributed by atoms with van der Waals surface area (Å²) in [5.74, 6) is 2.70. The molecule has 0 amide bonds. The van der Waals surface area contributed by atoms with Crippen molar-refractivity contribution in [1.82, 2.24) is 14.8 Å². The molecular weight excluding hydrogens is 346 g/mol. The fourth-order valence-corrected chi connectivity index (χ4v) is 3.10. The predicted molar refractivity (Wildman–Crippen MR) is 107 cm³/mol. The molecule has 7 N–H and O–H groups in total. The van der Waals surface area contributed by atoms with Crippen molar-refractivity contribution >= 4 is 28.2 Å². The van der Waals surface area contributed by atoms with Crippen LogP contribution in [0.25, 0.3) is 16.5 Å². The van der Waals surface area contributed by atoms with Crippen molar-refractivity contribution in [2.24, 2.45) is 5.73 Å². The molecule has 1 aromatic carbocycles. The molecule has 0 aliphatic heterocycles. The highest BCUT2D eigenvalue weighted by atomic mass is 16.5. The fraction of sp³-hybridized carbons (Fsp3) is 0.333. The zero-order valence-corrected chi connectivity index (χ0v) is 15.7. The minimum absolute atomic E-state index is 0.0726. The minimum Gasteiger partial charge on any atom is -0.494 e. The Balaban J connectivity index is 2.25. The second kappa shape index (κ2) is 7.58. The second-order valence-corrected chi connectivity index (χ2v) is 6.06. The van der Waals surface area contributed by atoms with Crippen molar-refractivity contribution in [3.8, 4) is 17.2 Å². The molecule has 0 saturated carbocycles. The highest BCUT2D eigenvalue weighted by Crippen LogP contribution is 2.41. The van der Waals surface area contributed by atoms with E-state index in [-0.39, 0.29) is 6.73 Å². The van der Waals surface area contributed by atoms with Gasteiger partial charge in [-0.05, 0) is 25.5 Å². The summed E-state index contributed by atoms with van der Waals surface area (Å²) in [6.07, 6.45) is 0.948. The zero-order valence-electron chi connectivity index (χ0n) is 15.7. The molecule has 9 nitrogen and oxygen atoms in total. The number of aryl methyl sites for hydroxylation is 1. The third-order valence-electron chi connectivity index (χ3n) is 4.33. The Morgan fingerprint density at radius 3 is 2.56 bits per heavy atom. The van der Waals surface area contributed by atoms with Gasteiger partial charge in [0.15, 0.2) is 5.82 Å². The van der Waals surface area contributed by atoms with E-state index in [0.29, 0.717) is 40.3 Å². The van der Waals surface area contributed by atoms with Crippen LogP contribution in [0.15, 0.2) is 18.2 Å². The van der Waals surface area contributed by atoms with E-state index >= 15 is 0 Å². The summed E-state index contributed by atoms with van der Waals surface area (Å²) in [4.78, 5) is 0. The van der Waals surface area contributed by atoms with Crippen LogP contribution < -0.4 is 32.0 Å². The van der Waals surface area contributed by atoms with Crippen LogP contribution in [0.3, 0.4) is 0 Å². The number of ether oxygens (including phenoxy) is 2. The number of nitrogen functional groups attached to an aromatic ring is 2. The summed E-state index contributed by atoms with van der Waals surface area (Å²) in [6.45, 7) is 4.76. The van der Waals surface area contributed by atoms with Crippen molar-refractivity contribution < 1.29 is 9.47 Å². The van der Waals surface area contributed by atoms with Crippen LogP contribution in [0.4, 0.5) is 17.5 Å². The molecule has 0 spiro atoms. The molecule has 0 bridgehead atoms. The second-order valence-electron chi connectivity index (χ2n) is 6.06. The predicted octanol–water partition coefficient (Wildman–Crippen LogP) is 2.02. The Hall–Kier alpha value is -3.20. The van der Waals surface area contributed by atoms with Gasteiger partial charge in [-0.1, -0.05) is 6.92 Å². The largest absolute Gasteiger partial charge is 0.494 e. The van der Waals surface area contributed by atoms with Gasteiger partial charge in [0.2, 0.25) is 0 Å². The van der Waals surface area contributed by atoms with Gasteiger partial charge in [0.25, 0.3) is 0 Å². The Kier molecular flexibility index (Phi) is 5.22. The van der Waals surface area contributed by atoms with Crippen LogP contribution in [-0.2, 0) is 0 Å². The lowest BCUT2D eigenvalue weighted by atomic mass is 10.2. The highest BCUT2D eigenvalue weighted by Gasteiger charge is 2.22. The quantitative estimate of drug-likeness (QED) is 0.463. The molecule has 0 aliphatic rings. The third-order valence-corrected chi connectivity index (χ3v) is 4.33. The molecule has 144 valence electrons. The molecule has 3 rings (SSSR count). The number of methoxy groups -OCH3 is 1. The van der Waals surface area contributed by atoms with Gasteiger partial charge < -0.3 is 26.3 Å². The zero-order chi connectivity index (χ0) is 19.6. The van der Waals surface area contributed by atoms with Gasteiger partial charge in [-0.25, -0.2) is 0 Å². The van der Waals surface area contributed by atoms with E-state index in [0.717, 1.165) is 23.7 Å². The van der Waals surface area contributed by atoms with Gasteiger partial charge in [0.05, 0.1) is 29.3 Å². The monoisotopic (exact) mass is 371 g/mol. The van der Waals surface area contributed by atoms with Crippen LogP contribution in [0.5, 0.6) is 11.5 Å². The van der Waals surface area contributed by atoms with E-state index in [4.69, 9.17) is 26.7 Å². The first-order valence-electron chi connectivity index (χ1n) is 8.71. The van der Waals surface area contributed by atoms with Gasteiger partial charge in [-0.3, -0.25) is 10.3 Å². The Labute approximate surface area is 157 Å². The van der Waals surface area contributed by atoms with E-state index in [2.05, 4.69) is 22.4 Å². The highest BCUT2D eigenvalue weighted by molar-refractivity contribution is 6.08. The molecule has 3 aromatic rings. The molecule has 0 radical (unpaired) electrons.